The lowest BCUT2D eigenvalue weighted by molar-refractivity contribution is -0.135. The Balaban J connectivity index is 1.63. The summed E-state index contributed by atoms with van der Waals surface area (Å²) in [5, 5.41) is 4.22. The third-order valence-corrected chi connectivity index (χ3v) is 7.60. The van der Waals surface area contributed by atoms with Crippen molar-refractivity contribution in [3.05, 3.63) is 35.0 Å². The number of fused-ring (bicyclic) bond motifs is 2. The number of likely N-dealkylation sites (tertiary alicyclic amines) is 1. The third-order valence-electron chi connectivity index (χ3n) is 7.60. The molecule has 4 rings (SSSR count). The topological polar surface area (TPSA) is 71.7 Å². The third kappa shape index (κ3) is 4.73. The van der Waals surface area contributed by atoms with Gasteiger partial charge in [-0.1, -0.05) is 19.1 Å². The second kappa shape index (κ2) is 10.5. The Morgan fingerprint density at radius 3 is 2.71 bits per heavy atom. The van der Waals surface area contributed by atoms with Crippen LogP contribution in [0.4, 0.5) is 4.79 Å². The molecule has 1 saturated heterocycles. The molecule has 3 amide bonds. The number of rotatable bonds is 8. The van der Waals surface area contributed by atoms with E-state index < -0.39 is 0 Å². The fourth-order valence-electron chi connectivity index (χ4n) is 6.11. The molecule has 1 aliphatic heterocycles. The van der Waals surface area contributed by atoms with Gasteiger partial charge in [0.15, 0.2) is 0 Å². The normalized spacial score (nSPS) is 22.1. The molecule has 3 atom stereocenters. The molecule has 2 aromatic rings. The number of aryl methyl sites for hydroxylation is 1. The van der Waals surface area contributed by atoms with Crippen LogP contribution in [0.25, 0.3) is 10.9 Å². The lowest BCUT2D eigenvalue weighted by Gasteiger charge is -2.47. The summed E-state index contributed by atoms with van der Waals surface area (Å²) in [6.07, 6.45) is 3.65. The van der Waals surface area contributed by atoms with Crippen LogP contribution in [0.5, 0.6) is 0 Å². The van der Waals surface area contributed by atoms with Gasteiger partial charge >= 0.3 is 6.03 Å². The summed E-state index contributed by atoms with van der Waals surface area (Å²) in [5.74, 6) is 0.109. The molecule has 0 radical (unpaired) electrons. The maximum atomic E-state index is 13.8. The Kier molecular flexibility index (Phi) is 7.63. The van der Waals surface area contributed by atoms with Crippen LogP contribution < -0.4 is 5.32 Å². The molecule has 1 aromatic heterocycles. The molecule has 1 fully saturated rings. The number of carbonyl (C=O) groups excluding carboxylic acids is 2. The molecular formula is C27H41N5O2. The molecule has 0 unspecified atom stereocenters. The van der Waals surface area contributed by atoms with Gasteiger partial charge in [-0.2, -0.15) is 0 Å². The minimum atomic E-state index is -0.260. The predicted octanol–water partition coefficient (Wildman–Crippen LogP) is 3.73. The first-order valence-electron chi connectivity index (χ1n) is 12.9. The fourth-order valence-corrected chi connectivity index (χ4v) is 6.11. The van der Waals surface area contributed by atoms with Crippen LogP contribution in [0.3, 0.4) is 0 Å². The molecule has 0 spiro atoms. The number of amides is 3. The van der Waals surface area contributed by atoms with Gasteiger partial charge in [-0.05, 0) is 83.9 Å². The fraction of sp³-hybridized carbons (Fsp3) is 0.630. The summed E-state index contributed by atoms with van der Waals surface area (Å²) in [6, 6.07) is 6.70. The van der Waals surface area contributed by atoms with E-state index in [1.165, 1.54) is 32.6 Å². The van der Waals surface area contributed by atoms with Gasteiger partial charge in [-0.3, -0.25) is 14.6 Å². The Labute approximate surface area is 203 Å². The lowest BCUT2D eigenvalue weighted by Crippen LogP contribution is -2.55. The zero-order valence-corrected chi connectivity index (χ0v) is 21.5. The van der Waals surface area contributed by atoms with Gasteiger partial charge in [0.2, 0.25) is 5.91 Å². The molecule has 1 aliphatic carbocycles. The van der Waals surface area contributed by atoms with E-state index in [9.17, 15) is 9.59 Å². The number of nitrogens with one attached hydrogen (secondary N) is 2. The van der Waals surface area contributed by atoms with E-state index in [-0.39, 0.29) is 17.9 Å². The molecular weight excluding hydrogens is 426 g/mol. The van der Waals surface area contributed by atoms with E-state index >= 15 is 0 Å². The van der Waals surface area contributed by atoms with Crippen molar-refractivity contribution in [2.24, 2.45) is 5.92 Å². The van der Waals surface area contributed by atoms with Gasteiger partial charge < -0.3 is 15.2 Å². The average molecular weight is 468 g/mol. The highest BCUT2D eigenvalue weighted by molar-refractivity contribution is 5.96. The van der Waals surface area contributed by atoms with E-state index in [1.807, 2.05) is 21.0 Å². The standard InChI is InChI=1S/C27H41N5O2/c1-6-12-31-17-19(26(33)32(27(34)28-7-2)14-9-13-30(4)5)15-22-20-10-8-11-23-25(20)21(16-24(22)31)18(3)29-23/h8,10-11,19,22,24,29H,6-7,9,12-17H2,1-5H3,(H,28,34)/t19-,22-,24-/m1/s1. The van der Waals surface area contributed by atoms with Crippen molar-refractivity contribution < 1.29 is 9.59 Å². The van der Waals surface area contributed by atoms with Gasteiger partial charge in [-0.25, -0.2) is 4.79 Å². The SMILES string of the molecule is CCCN1C[C@H](C(=O)N(CCCN(C)C)C(=O)NCC)C[C@@H]2c3cccc4[nH]c(C)c(c34)C[C@H]21. The Hall–Kier alpha value is -2.38. The van der Waals surface area contributed by atoms with E-state index in [4.69, 9.17) is 0 Å². The maximum absolute atomic E-state index is 13.8. The second-order valence-electron chi connectivity index (χ2n) is 10.3. The van der Waals surface area contributed by atoms with Gasteiger partial charge in [-0.15, -0.1) is 0 Å². The minimum Gasteiger partial charge on any atom is -0.358 e. The van der Waals surface area contributed by atoms with Gasteiger partial charge in [0.05, 0.1) is 5.92 Å². The zero-order valence-electron chi connectivity index (χ0n) is 21.5. The zero-order chi connectivity index (χ0) is 24.4. The van der Waals surface area contributed by atoms with Gasteiger partial charge in [0.25, 0.3) is 0 Å². The summed E-state index contributed by atoms with van der Waals surface area (Å²) < 4.78 is 0. The molecule has 34 heavy (non-hydrogen) atoms. The summed E-state index contributed by atoms with van der Waals surface area (Å²) in [5.41, 5.74) is 5.26. The highest BCUT2D eigenvalue weighted by Crippen LogP contribution is 2.46. The molecule has 2 N–H and O–H groups in total. The highest BCUT2D eigenvalue weighted by Gasteiger charge is 2.44. The number of H-pyrrole nitrogens is 1. The molecule has 2 aliphatic rings. The minimum absolute atomic E-state index is 0.0209. The number of hydrogen-bond acceptors (Lipinski definition) is 4. The Bertz CT molecular complexity index is 1030. The number of urea groups is 1. The molecule has 7 nitrogen and oxygen atoms in total. The number of benzene rings is 1. The van der Waals surface area contributed by atoms with Crippen molar-refractivity contribution in [1.82, 2.24) is 25.0 Å². The first-order chi connectivity index (χ1) is 16.3. The molecule has 0 saturated carbocycles. The number of carbonyl (C=O) groups is 2. The van der Waals surface area contributed by atoms with E-state index in [1.54, 1.807) is 0 Å². The van der Waals surface area contributed by atoms with Crippen LogP contribution in [-0.4, -0.2) is 84.5 Å². The highest BCUT2D eigenvalue weighted by atomic mass is 16.2. The van der Waals surface area contributed by atoms with Crippen LogP contribution >= 0.6 is 0 Å². The van der Waals surface area contributed by atoms with E-state index in [0.29, 0.717) is 25.0 Å². The van der Waals surface area contributed by atoms with Gasteiger partial charge in [0, 0.05) is 48.2 Å². The number of nitrogens with zero attached hydrogens (tertiary/aromatic N) is 3. The molecule has 2 heterocycles. The second-order valence-corrected chi connectivity index (χ2v) is 10.3. The van der Waals surface area contributed by atoms with Crippen molar-refractivity contribution in [3.8, 4) is 0 Å². The first kappa shape index (κ1) is 24.7. The predicted molar refractivity (Wildman–Crippen MR) is 137 cm³/mol. The van der Waals surface area contributed by atoms with Crippen molar-refractivity contribution in [1.29, 1.82) is 0 Å². The summed E-state index contributed by atoms with van der Waals surface area (Å²) in [7, 11) is 4.03. The van der Waals surface area contributed by atoms with Crippen LogP contribution in [0.1, 0.15) is 55.8 Å². The Morgan fingerprint density at radius 1 is 1.21 bits per heavy atom. The van der Waals surface area contributed by atoms with Crippen LogP contribution in [0, 0.1) is 12.8 Å². The number of aromatic amines is 1. The van der Waals surface area contributed by atoms with Crippen molar-refractivity contribution in [2.45, 2.75) is 58.4 Å². The molecule has 0 bridgehead atoms. The van der Waals surface area contributed by atoms with Crippen molar-refractivity contribution >= 4 is 22.8 Å². The maximum Gasteiger partial charge on any atom is 0.324 e. The first-order valence-corrected chi connectivity index (χ1v) is 12.9. The quantitative estimate of drug-likeness (QED) is 0.621. The van der Waals surface area contributed by atoms with Crippen LogP contribution in [-0.2, 0) is 11.2 Å². The number of piperidine rings is 1. The van der Waals surface area contributed by atoms with E-state index in [0.717, 1.165) is 45.3 Å². The summed E-state index contributed by atoms with van der Waals surface area (Å²) >= 11 is 0. The Morgan fingerprint density at radius 2 is 2.00 bits per heavy atom. The van der Waals surface area contributed by atoms with Gasteiger partial charge in [0.1, 0.15) is 0 Å². The number of aromatic nitrogens is 1. The number of imide groups is 1. The van der Waals surface area contributed by atoms with Crippen LogP contribution in [0.2, 0.25) is 0 Å². The molecule has 1 aromatic carbocycles. The van der Waals surface area contributed by atoms with E-state index in [2.05, 4.69) is 52.1 Å². The monoisotopic (exact) mass is 467 g/mol. The molecule has 7 heteroatoms. The summed E-state index contributed by atoms with van der Waals surface area (Å²) in [6.45, 7) is 9.80. The van der Waals surface area contributed by atoms with Crippen molar-refractivity contribution in [3.63, 3.8) is 0 Å². The van der Waals surface area contributed by atoms with Crippen LogP contribution in [0.15, 0.2) is 18.2 Å². The smallest absolute Gasteiger partial charge is 0.324 e. The average Bonchev–Trinajstić information content (AvgIpc) is 3.13. The number of hydrogen-bond donors (Lipinski definition) is 2. The van der Waals surface area contributed by atoms with Crippen molar-refractivity contribution in [2.75, 3.05) is 46.8 Å². The lowest BCUT2D eigenvalue weighted by atomic mass is 9.71. The largest absolute Gasteiger partial charge is 0.358 e. The molecule has 186 valence electrons. The summed E-state index contributed by atoms with van der Waals surface area (Å²) in [4.78, 5) is 36.4.